The first kappa shape index (κ1) is 24.2. The molecule has 0 saturated carbocycles. The molecule has 1 aliphatic carbocycles. The Labute approximate surface area is 178 Å². The first-order chi connectivity index (χ1) is 13.7. The maximum atomic E-state index is 4.02. The van der Waals surface area contributed by atoms with Crippen molar-refractivity contribution in [2.45, 2.75) is 47.0 Å². The molecule has 0 bridgehead atoms. The molecule has 0 saturated heterocycles. The highest BCUT2D eigenvalue weighted by molar-refractivity contribution is 5.79. The van der Waals surface area contributed by atoms with Crippen LogP contribution in [0.25, 0.3) is 5.57 Å². The molecule has 0 spiro atoms. The normalized spacial score (nSPS) is 18.3. The summed E-state index contributed by atoms with van der Waals surface area (Å²) in [5.74, 6) is 0. The van der Waals surface area contributed by atoms with Gasteiger partial charge in [0.05, 0.1) is 0 Å². The van der Waals surface area contributed by atoms with Crippen LogP contribution in [0.1, 0.15) is 52.7 Å². The molecule has 0 aromatic heterocycles. The average Bonchev–Trinajstić information content (AvgIpc) is 2.95. The molecule has 152 valence electrons. The smallest absolute Gasteiger partial charge is 0.0296 e. The number of hydrogen-bond acceptors (Lipinski definition) is 0. The molecular weight excluding hydrogens is 348 g/mol. The van der Waals surface area contributed by atoms with E-state index in [9.17, 15) is 0 Å². The molecule has 0 N–H and O–H groups in total. The highest BCUT2D eigenvalue weighted by Crippen LogP contribution is 2.36. The van der Waals surface area contributed by atoms with Gasteiger partial charge in [0, 0.05) is 5.41 Å². The first-order valence-electron chi connectivity index (χ1n) is 10.2. The van der Waals surface area contributed by atoms with Crippen molar-refractivity contribution in [3.05, 3.63) is 126 Å². The molecular formula is C29H36. The summed E-state index contributed by atoms with van der Waals surface area (Å²) in [5, 5.41) is 0. The van der Waals surface area contributed by atoms with Gasteiger partial charge >= 0.3 is 0 Å². The zero-order valence-corrected chi connectivity index (χ0v) is 17.7. The van der Waals surface area contributed by atoms with E-state index < -0.39 is 0 Å². The molecule has 1 unspecified atom stereocenters. The Hall–Kier alpha value is -2.86. The van der Waals surface area contributed by atoms with E-state index in [-0.39, 0.29) is 12.8 Å². The second-order valence-corrected chi connectivity index (χ2v) is 6.82. The summed E-state index contributed by atoms with van der Waals surface area (Å²) in [5.41, 5.74) is 5.98. The van der Waals surface area contributed by atoms with Crippen LogP contribution < -0.4 is 0 Å². The largest absolute Gasteiger partial charge is 0.0985 e. The minimum Gasteiger partial charge on any atom is -0.0985 e. The van der Waals surface area contributed by atoms with Crippen molar-refractivity contribution in [1.29, 1.82) is 0 Å². The van der Waals surface area contributed by atoms with Gasteiger partial charge in [0.2, 0.25) is 0 Å². The van der Waals surface area contributed by atoms with Gasteiger partial charge in [0.25, 0.3) is 0 Å². The lowest BCUT2D eigenvalue weighted by molar-refractivity contribution is 0.760. The van der Waals surface area contributed by atoms with Crippen LogP contribution in [-0.4, -0.2) is 0 Å². The third kappa shape index (κ3) is 6.06. The van der Waals surface area contributed by atoms with Crippen LogP contribution >= 0.6 is 0 Å². The second-order valence-electron chi connectivity index (χ2n) is 6.82. The number of benzene rings is 2. The van der Waals surface area contributed by atoms with Gasteiger partial charge in [-0.1, -0.05) is 126 Å². The minimum absolute atomic E-state index is 0. The van der Waals surface area contributed by atoms with Crippen molar-refractivity contribution in [2.75, 3.05) is 0 Å². The van der Waals surface area contributed by atoms with E-state index in [4.69, 9.17) is 0 Å². The summed E-state index contributed by atoms with van der Waals surface area (Å²) in [7, 11) is 0. The van der Waals surface area contributed by atoms with Crippen molar-refractivity contribution < 1.29 is 0 Å². The Morgan fingerprint density at radius 3 is 2.10 bits per heavy atom. The average molecular weight is 385 g/mol. The Balaban J connectivity index is 0.00000136. The molecule has 1 atom stereocenters. The van der Waals surface area contributed by atoms with Crippen LogP contribution in [0.15, 0.2) is 115 Å². The van der Waals surface area contributed by atoms with Crippen molar-refractivity contribution in [3.8, 4) is 0 Å². The zero-order valence-electron chi connectivity index (χ0n) is 17.7. The third-order valence-electron chi connectivity index (χ3n) is 4.86. The van der Waals surface area contributed by atoms with E-state index in [1.165, 1.54) is 27.8 Å². The molecule has 0 nitrogen and oxygen atoms in total. The standard InChI is InChI=1S/C26H26.C2H6.CH4/c1-4-12-21(5-2)23-17-18-26(3,25-15-10-7-11-16-25)20-24(19-23)22-13-8-6-9-14-22;1-2;/h5-20H,2,4H2,1,3H3;1-2H3;1H4/b21-12+;;. The van der Waals surface area contributed by atoms with Gasteiger partial charge in [-0.05, 0) is 47.3 Å². The lowest BCUT2D eigenvalue weighted by atomic mass is 9.80. The minimum atomic E-state index is -0.164. The fourth-order valence-electron chi connectivity index (χ4n) is 3.38. The van der Waals surface area contributed by atoms with Crippen molar-refractivity contribution in [1.82, 2.24) is 0 Å². The van der Waals surface area contributed by atoms with E-state index in [1.807, 2.05) is 19.9 Å². The number of rotatable bonds is 5. The number of hydrogen-bond donors (Lipinski definition) is 0. The van der Waals surface area contributed by atoms with Gasteiger partial charge in [-0.3, -0.25) is 0 Å². The SMILES string of the molecule is C.C=C/C(=C\CC)C1=CC(c2ccccc2)=CC(C)(c2ccccc2)C=C1.CC. The predicted molar refractivity (Wildman–Crippen MR) is 132 cm³/mol. The Morgan fingerprint density at radius 2 is 1.55 bits per heavy atom. The van der Waals surface area contributed by atoms with E-state index in [0.29, 0.717) is 0 Å². The Morgan fingerprint density at radius 1 is 0.966 bits per heavy atom. The Bertz CT molecular complexity index is 876. The fourth-order valence-corrected chi connectivity index (χ4v) is 3.38. The molecule has 2 aromatic rings. The van der Waals surface area contributed by atoms with Crippen LogP contribution in [0.5, 0.6) is 0 Å². The van der Waals surface area contributed by atoms with Gasteiger partial charge in [-0.2, -0.15) is 0 Å². The van der Waals surface area contributed by atoms with Crippen LogP contribution in [0.3, 0.4) is 0 Å². The third-order valence-corrected chi connectivity index (χ3v) is 4.86. The van der Waals surface area contributed by atoms with Crippen molar-refractivity contribution >= 4 is 5.57 Å². The second kappa shape index (κ2) is 11.9. The van der Waals surface area contributed by atoms with E-state index in [2.05, 4.69) is 111 Å². The van der Waals surface area contributed by atoms with Gasteiger partial charge < -0.3 is 0 Å². The maximum Gasteiger partial charge on any atom is 0.0296 e. The highest BCUT2D eigenvalue weighted by atomic mass is 14.3. The van der Waals surface area contributed by atoms with Crippen LogP contribution in [0.4, 0.5) is 0 Å². The molecule has 0 aliphatic heterocycles. The highest BCUT2D eigenvalue weighted by Gasteiger charge is 2.23. The van der Waals surface area contributed by atoms with E-state index in [1.54, 1.807) is 0 Å². The van der Waals surface area contributed by atoms with E-state index in [0.717, 1.165) is 6.42 Å². The number of allylic oxidation sites excluding steroid dienone is 9. The zero-order chi connectivity index (χ0) is 20.4. The molecule has 3 rings (SSSR count). The first-order valence-corrected chi connectivity index (χ1v) is 10.2. The molecule has 0 radical (unpaired) electrons. The summed E-state index contributed by atoms with van der Waals surface area (Å²) in [6.45, 7) is 12.4. The Kier molecular flexibility index (Phi) is 9.89. The van der Waals surface area contributed by atoms with Crippen molar-refractivity contribution in [2.24, 2.45) is 0 Å². The van der Waals surface area contributed by atoms with Crippen LogP contribution in [0, 0.1) is 0 Å². The van der Waals surface area contributed by atoms with Crippen LogP contribution in [-0.2, 0) is 5.41 Å². The summed E-state index contributed by atoms with van der Waals surface area (Å²) in [6.07, 6.45) is 14.4. The van der Waals surface area contributed by atoms with Gasteiger partial charge in [-0.15, -0.1) is 0 Å². The van der Waals surface area contributed by atoms with Gasteiger partial charge in [0.15, 0.2) is 0 Å². The maximum absolute atomic E-state index is 4.02. The molecule has 0 amide bonds. The summed E-state index contributed by atoms with van der Waals surface area (Å²) in [4.78, 5) is 0. The molecule has 0 heteroatoms. The summed E-state index contributed by atoms with van der Waals surface area (Å²) in [6, 6.07) is 21.3. The van der Waals surface area contributed by atoms with Gasteiger partial charge in [-0.25, -0.2) is 0 Å². The molecule has 0 fully saturated rings. The monoisotopic (exact) mass is 384 g/mol. The van der Waals surface area contributed by atoms with E-state index >= 15 is 0 Å². The summed E-state index contributed by atoms with van der Waals surface area (Å²) < 4.78 is 0. The van der Waals surface area contributed by atoms with Crippen molar-refractivity contribution in [3.63, 3.8) is 0 Å². The topological polar surface area (TPSA) is 0 Å². The molecule has 2 aromatic carbocycles. The lowest BCUT2D eigenvalue weighted by Gasteiger charge is -2.23. The quantitative estimate of drug-likeness (QED) is 0.452. The molecule has 1 aliphatic rings. The predicted octanol–water partition coefficient (Wildman–Crippen LogP) is 8.71. The van der Waals surface area contributed by atoms with Crippen LogP contribution in [0.2, 0.25) is 0 Å². The van der Waals surface area contributed by atoms with Gasteiger partial charge in [0.1, 0.15) is 0 Å². The lowest BCUT2D eigenvalue weighted by Crippen LogP contribution is -2.15. The molecule has 29 heavy (non-hydrogen) atoms. The summed E-state index contributed by atoms with van der Waals surface area (Å²) >= 11 is 0. The fraction of sp³-hybridized carbons (Fsp3) is 0.241. The molecule has 0 heterocycles.